The topological polar surface area (TPSA) is 32.6 Å². The van der Waals surface area contributed by atoms with Crippen LogP contribution in [0.15, 0.2) is 24.4 Å². The fourth-order valence-electron chi connectivity index (χ4n) is 2.74. The van der Waals surface area contributed by atoms with Gasteiger partial charge in [-0.25, -0.2) is 4.98 Å². The van der Waals surface area contributed by atoms with Crippen molar-refractivity contribution in [2.75, 3.05) is 11.4 Å². The third-order valence-electron chi connectivity index (χ3n) is 3.99. The molecule has 2 aromatic heterocycles. The van der Waals surface area contributed by atoms with E-state index in [1.54, 1.807) is 0 Å². The first-order valence-corrected chi connectivity index (χ1v) is 7.97. The monoisotopic (exact) mass is 286 g/mol. The van der Waals surface area contributed by atoms with E-state index in [2.05, 4.69) is 66.7 Å². The molecule has 0 radical (unpaired) electrons. The predicted octanol–water partition coefficient (Wildman–Crippen LogP) is 3.21. The highest BCUT2D eigenvalue weighted by molar-refractivity contribution is 5.57. The molecule has 0 aliphatic heterocycles. The van der Waals surface area contributed by atoms with Crippen LogP contribution >= 0.6 is 0 Å². The van der Waals surface area contributed by atoms with Crippen LogP contribution in [-0.4, -0.2) is 27.5 Å². The molecule has 4 heteroatoms. The number of pyridine rings is 1. The summed E-state index contributed by atoms with van der Waals surface area (Å²) in [5, 5.41) is 3.61. The molecule has 21 heavy (non-hydrogen) atoms. The summed E-state index contributed by atoms with van der Waals surface area (Å²) in [4.78, 5) is 7.36. The Morgan fingerprint density at radius 3 is 2.71 bits per heavy atom. The highest BCUT2D eigenvalue weighted by atomic mass is 15.3. The van der Waals surface area contributed by atoms with Crippen LogP contribution in [-0.2, 0) is 6.54 Å². The average Bonchev–Trinajstić information content (AvgIpc) is 3.18. The lowest BCUT2D eigenvalue weighted by Gasteiger charge is -2.24. The minimum atomic E-state index is 0.104. The highest BCUT2D eigenvalue weighted by Gasteiger charge is 2.31. The van der Waals surface area contributed by atoms with Crippen molar-refractivity contribution in [3.63, 3.8) is 0 Å². The summed E-state index contributed by atoms with van der Waals surface area (Å²) in [7, 11) is 0. The van der Waals surface area contributed by atoms with E-state index >= 15 is 0 Å². The number of rotatable bonds is 5. The van der Waals surface area contributed by atoms with Crippen molar-refractivity contribution in [2.24, 2.45) is 0 Å². The second-order valence-electron chi connectivity index (χ2n) is 6.93. The zero-order chi connectivity index (χ0) is 15.0. The van der Waals surface area contributed by atoms with Crippen LogP contribution in [0.25, 0.3) is 5.65 Å². The lowest BCUT2D eigenvalue weighted by atomic mass is 10.1. The van der Waals surface area contributed by atoms with Crippen molar-refractivity contribution in [1.29, 1.82) is 0 Å². The molecular formula is C17H26N4. The molecule has 114 valence electrons. The van der Waals surface area contributed by atoms with Gasteiger partial charge in [0.05, 0.1) is 5.69 Å². The minimum absolute atomic E-state index is 0.104. The summed E-state index contributed by atoms with van der Waals surface area (Å²) in [6.07, 6.45) is 4.72. The number of imidazole rings is 1. The van der Waals surface area contributed by atoms with E-state index in [-0.39, 0.29) is 5.54 Å². The second-order valence-corrected chi connectivity index (χ2v) is 6.93. The number of fused-ring (bicyclic) bond motifs is 1. The molecule has 1 N–H and O–H groups in total. The number of anilines is 1. The summed E-state index contributed by atoms with van der Waals surface area (Å²) >= 11 is 0. The highest BCUT2D eigenvalue weighted by Crippen LogP contribution is 2.33. The van der Waals surface area contributed by atoms with Crippen LogP contribution in [0.4, 0.5) is 5.82 Å². The van der Waals surface area contributed by atoms with Gasteiger partial charge >= 0.3 is 0 Å². The van der Waals surface area contributed by atoms with Crippen molar-refractivity contribution < 1.29 is 0 Å². The molecule has 1 aliphatic rings. The normalized spacial score (nSPS) is 15.6. The lowest BCUT2D eigenvalue weighted by Crippen LogP contribution is -2.36. The Kier molecular flexibility index (Phi) is 3.66. The van der Waals surface area contributed by atoms with E-state index in [9.17, 15) is 0 Å². The average molecular weight is 286 g/mol. The van der Waals surface area contributed by atoms with E-state index in [0.29, 0.717) is 6.04 Å². The van der Waals surface area contributed by atoms with Crippen molar-refractivity contribution in [3.05, 3.63) is 30.1 Å². The third kappa shape index (κ3) is 3.05. The summed E-state index contributed by atoms with van der Waals surface area (Å²) in [6.45, 7) is 10.7. The molecule has 0 spiro atoms. The van der Waals surface area contributed by atoms with E-state index in [1.165, 1.54) is 18.5 Å². The van der Waals surface area contributed by atoms with Gasteiger partial charge in [0, 0.05) is 30.9 Å². The van der Waals surface area contributed by atoms with Crippen LogP contribution in [0.5, 0.6) is 0 Å². The van der Waals surface area contributed by atoms with Crippen LogP contribution < -0.4 is 10.2 Å². The summed E-state index contributed by atoms with van der Waals surface area (Å²) in [5.41, 5.74) is 2.42. The zero-order valence-corrected chi connectivity index (χ0v) is 13.6. The van der Waals surface area contributed by atoms with Crippen molar-refractivity contribution >= 4 is 11.5 Å². The molecule has 0 bridgehead atoms. The van der Waals surface area contributed by atoms with Crippen LogP contribution in [0.1, 0.15) is 46.2 Å². The molecule has 2 aromatic rings. The molecule has 0 saturated heterocycles. The van der Waals surface area contributed by atoms with Gasteiger partial charge in [0.15, 0.2) is 5.82 Å². The fourth-order valence-corrected chi connectivity index (χ4v) is 2.74. The molecule has 1 fully saturated rings. The number of hydrogen-bond acceptors (Lipinski definition) is 3. The molecule has 0 aromatic carbocycles. The molecule has 4 nitrogen and oxygen atoms in total. The van der Waals surface area contributed by atoms with E-state index in [4.69, 9.17) is 4.98 Å². The largest absolute Gasteiger partial charge is 0.352 e. The molecule has 1 aliphatic carbocycles. The number of nitrogens with zero attached hydrogens (tertiary/aromatic N) is 3. The maximum absolute atomic E-state index is 4.89. The smallest absolute Gasteiger partial charge is 0.152 e. The Labute approximate surface area is 127 Å². The summed E-state index contributed by atoms with van der Waals surface area (Å²) < 4.78 is 2.22. The van der Waals surface area contributed by atoms with E-state index in [0.717, 1.165) is 24.6 Å². The van der Waals surface area contributed by atoms with Gasteiger partial charge in [0.25, 0.3) is 0 Å². The third-order valence-corrected chi connectivity index (χ3v) is 3.99. The SMILES string of the molecule is CCN(c1nc2ccccn2c1CNC(C)(C)C)C1CC1. The quantitative estimate of drug-likeness (QED) is 0.916. The number of nitrogens with one attached hydrogen (secondary N) is 1. The maximum Gasteiger partial charge on any atom is 0.152 e. The number of aromatic nitrogens is 2. The molecule has 0 unspecified atom stereocenters. The minimum Gasteiger partial charge on any atom is -0.352 e. The first-order valence-electron chi connectivity index (χ1n) is 7.97. The zero-order valence-electron chi connectivity index (χ0n) is 13.6. The Bertz CT molecular complexity index is 619. The Balaban J connectivity index is 2.00. The Morgan fingerprint density at radius 2 is 2.10 bits per heavy atom. The fraction of sp³-hybridized carbons (Fsp3) is 0.588. The summed E-state index contributed by atoms with van der Waals surface area (Å²) in [6, 6.07) is 6.91. The van der Waals surface area contributed by atoms with E-state index < -0.39 is 0 Å². The summed E-state index contributed by atoms with van der Waals surface area (Å²) in [5.74, 6) is 1.16. The van der Waals surface area contributed by atoms with Crippen molar-refractivity contribution in [3.8, 4) is 0 Å². The van der Waals surface area contributed by atoms with Gasteiger partial charge in [0.2, 0.25) is 0 Å². The van der Waals surface area contributed by atoms with Gasteiger partial charge < -0.3 is 14.6 Å². The van der Waals surface area contributed by atoms with Gasteiger partial charge in [-0.1, -0.05) is 6.07 Å². The predicted molar refractivity (Wildman–Crippen MR) is 87.8 cm³/mol. The number of hydrogen-bond donors (Lipinski definition) is 1. The molecule has 1 saturated carbocycles. The molecule has 2 heterocycles. The second kappa shape index (κ2) is 5.34. The molecule has 0 amide bonds. The van der Waals surface area contributed by atoms with Gasteiger partial charge in [-0.05, 0) is 52.7 Å². The maximum atomic E-state index is 4.89. The molecular weight excluding hydrogens is 260 g/mol. The lowest BCUT2D eigenvalue weighted by molar-refractivity contribution is 0.420. The van der Waals surface area contributed by atoms with Gasteiger partial charge in [-0.3, -0.25) is 0 Å². The van der Waals surface area contributed by atoms with E-state index in [1.807, 2.05) is 0 Å². The van der Waals surface area contributed by atoms with Gasteiger partial charge in [-0.15, -0.1) is 0 Å². The van der Waals surface area contributed by atoms with Gasteiger partial charge in [-0.2, -0.15) is 0 Å². The van der Waals surface area contributed by atoms with Crippen molar-refractivity contribution in [1.82, 2.24) is 14.7 Å². The van der Waals surface area contributed by atoms with Crippen LogP contribution in [0.3, 0.4) is 0 Å². The Morgan fingerprint density at radius 1 is 1.33 bits per heavy atom. The van der Waals surface area contributed by atoms with Crippen molar-refractivity contribution in [2.45, 2.75) is 58.7 Å². The first-order chi connectivity index (χ1) is 9.99. The molecule has 0 atom stereocenters. The standard InChI is InChI=1S/C17H26N4/c1-5-20(13-9-10-13)16-14(12-18-17(2,3)4)21-11-7-6-8-15(21)19-16/h6-8,11,13,18H,5,9-10,12H2,1-4H3. The van der Waals surface area contributed by atoms with Crippen LogP contribution in [0, 0.1) is 0 Å². The van der Waals surface area contributed by atoms with Crippen LogP contribution in [0.2, 0.25) is 0 Å². The first kappa shape index (κ1) is 14.4. The van der Waals surface area contributed by atoms with Gasteiger partial charge in [0.1, 0.15) is 5.65 Å². The molecule has 3 rings (SSSR count). The Hall–Kier alpha value is -1.55.